The standard InChI is InChI=1S/C23H25ClN6O2S/c1-31-12-11-20-21(15-5-9-17(32-2)10-6-15)29-30-22(27-28-23(30)33-20)19-13-18(25-26-19)14-3-7-16(24)8-4-14/h3-10,18-20,25-26H,11-13H2,1-2H3. The number of thioether (sulfide) groups is 1. The van der Waals surface area contributed by atoms with Crippen LogP contribution in [0.4, 0.5) is 0 Å². The first-order valence-corrected chi connectivity index (χ1v) is 12.0. The zero-order chi connectivity index (χ0) is 22.8. The van der Waals surface area contributed by atoms with Crippen molar-refractivity contribution in [2.75, 3.05) is 20.8 Å². The lowest BCUT2D eigenvalue weighted by Crippen LogP contribution is -2.29. The third kappa shape index (κ3) is 4.64. The van der Waals surface area contributed by atoms with E-state index in [1.807, 2.05) is 53.2 Å². The lowest BCUT2D eigenvalue weighted by molar-refractivity contribution is 0.197. The molecule has 0 aliphatic carbocycles. The predicted octanol–water partition coefficient (Wildman–Crippen LogP) is 3.98. The highest BCUT2D eigenvalue weighted by atomic mass is 35.5. The number of halogens is 1. The molecule has 3 heterocycles. The van der Waals surface area contributed by atoms with Gasteiger partial charge in [0.15, 0.2) is 5.82 Å². The first kappa shape index (κ1) is 22.4. The van der Waals surface area contributed by atoms with Crippen LogP contribution in [-0.4, -0.2) is 46.7 Å². The highest BCUT2D eigenvalue weighted by Crippen LogP contribution is 2.36. The molecule has 2 aliphatic heterocycles. The van der Waals surface area contributed by atoms with Crippen LogP contribution in [0.1, 0.15) is 41.9 Å². The van der Waals surface area contributed by atoms with Gasteiger partial charge in [-0.1, -0.05) is 35.5 Å². The first-order valence-electron chi connectivity index (χ1n) is 10.8. The van der Waals surface area contributed by atoms with E-state index >= 15 is 0 Å². The van der Waals surface area contributed by atoms with E-state index in [0.717, 1.165) is 45.9 Å². The number of aromatic nitrogens is 3. The molecule has 0 amide bonds. The summed E-state index contributed by atoms with van der Waals surface area (Å²) in [6.45, 7) is 0.644. The summed E-state index contributed by atoms with van der Waals surface area (Å²) in [7, 11) is 3.38. The van der Waals surface area contributed by atoms with E-state index in [4.69, 9.17) is 26.2 Å². The Morgan fingerprint density at radius 3 is 2.52 bits per heavy atom. The van der Waals surface area contributed by atoms with Crippen molar-refractivity contribution in [3.05, 3.63) is 70.5 Å². The van der Waals surface area contributed by atoms with Crippen LogP contribution in [0.15, 0.2) is 58.8 Å². The molecule has 2 aromatic carbocycles. The van der Waals surface area contributed by atoms with Gasteiger partial charge in [0.1, 0.15) is 5.75 Å². The van der Waals surface area contributed by atoms with Gasteiger partial charge >= 0.3 is 0 Å². The Hall–Kier alpha value is -2.43. The molecule has 10 heteroatoms. The summed E-state index contributed by atoms with van der Waals surface area (Å²) in [6.07, 6.45) is 1.65. The number of ether oxygens (including phenoxy) is 2. The Bertz CT molecular complexity index is 1130. The molecule has 2 aliphatic rings. The van der Waals surface area contributed by atoms with E-state index in [9.17, 15) is 0 Å². The summed E-state index contributed by atoms with van der Waals surface area (Å²) >= 11 is 7.72. The summed E-state index contributed by atoms with van der Waals surface area (Å²) in [4.78, 5) is 0. The second-order valence-electron chi connectivity index (χ2n) is 7.94. The van der Waals surface area contributed by atoms with Crippen molar-refractivity contribution in [2.45, 2.75) is 35.3 Å². The minimum absolute atomic E-state index is 0.0241. The van der Waals surface area contributed by atoms with Gasteiger partial charge in [-0.05, 0) is 60.4 Å². The van der Waals surface area contributed by atoms with Crippen molar-refractivity contribution in [1.82, 2.24) is 25.7 Å². The Morgan fingerprint density at radius 1 is 1.03 bits per heavy atom. The lowest BCUT2D eigenvalue weighted by Gasteiger charge is -2.23. The normalized spacial score (nSPS) is 22.2. The number of rotatable bonds is 7. The van der Waals surface area contributed by atoms with Crippen molar-refractivity contribution in [2.24, 2.45) is 5.10 Å². The topological polar surface area (TPSA) is 85.6 Å². The molecule has 2 N–H and O–H groups in total. The van der Waals surface area contributed by atoms with E-state index in [0.29, 0.717) is 6.61 Å². The fourth-order valence-corrected chi connectivity index (χ4v) is 5.29. The van der Waals surface area contributed by atoms with Crippen molar-refractivity contribution in [3.8, 4) is 5.75 Å². The van der Waals surface area contributed by atoms with Gasteiger partial charge in [-0.3, -0.25) is 0 Å². The highest BCUT2D eigenvalue weighted by molar-refractivity contribution is 8.00. The van der Waals surface area contributed by atoms with Crippen LogP contribution in [0.3, 0.4) is 0 Å². The fourth-order valence-electron chi connectivity index (χ4n) is 4.08. The molecule has 8 nitrogen and oxygen atoms in total. The molecule has 0 saturated carbocycles. The van der Waals surface area contributed by atoms with Gasteiger partial charge in [0.2, 0.25) is 5.16 Å². The van der Waals surface area contributed by atoms with Crippen molar-refractivity contribution < 1.29 is 9.47 Å². The van der Waals surface area contributed by atoms with Gasteiger partial charge in [0.05, 0.1) is 24.1 Å². The summed E-state index contributed by atoms with van der Waals surface area (Å²) < 4.78 is 12.5. The molecule has 1 aromatic heterocycles. The summed E-state index contributed by atoms with van der Waals surface area (Å²) in [5.41, 5.74) is 9.93. The highest BCUT2D eigenvalue weighted by Gasteiger charge is 2.34. The summed E-state index contributed by atoms with van der Waals surface area (Å²) in [6, 6.07) is 16.0. The Morgan fingerprint density at radius 2 is 1.79 bits per heavy atom. The third-order valence-electron chi connectivity index (χ3n) is 5.85. The summed E-state index contributed by atoms with van der Waals surface area (Å²) in [5.74, 6) is 1.61. The van der Waals surface area contributed by atoms with E-state index < -0.39 is 0 Å². The number of fused-ring (bicyclic) bond motifs is 1. The second kappa shape index (κ2) is 9.82. The van der Waals surface area contributed by atoms with Crippen LogP contribution in [0.25, 0.3) is 0 Å². The lowest BCUT2D eigenvalue weighted by atomic mass is 10.0. The SMILES string of the molecule is COCCC1Sc2nnc(C3CC(c4ccc(Cl)cc4)NN3)n2N=C1c1ccc(OC)cc1. The molecule has 3 aromatic rings. The predicted molar refractivity (Wildman–Crippen MR) is 129 cm³/mol. The third-order valence-corrected chi connectivity index (χ3v) is 7.31. The molecular formula is C23H25ClN6O2S. The molecule has 5 rings (SSSR count). The van der Waals surface area contributed by atoms with Gasteiger partial charge in [-0.15, -0.1) is 10.2 Å². The van der Waals surface area contributed by atoms with Gasteiger partial charge < -0.3 is 9.47 Å². The van der Waals surface area contributed by atoms with Crippen molar-refractivity contribution in [3.63, 3.8) is 0 Å². The smallest absolute Gasteiger partial charge is 0.212 e. The molecule has 0 spiro atoms. The van der Waals surface area contributed by atoms with Gasteiger partial charge in [0.25, 0.3) is 0 Å². The molecule has 1 saturated heterocycles. The zero-order valence-electron chi connectivity index (χ0n) is 18.4. The quantitative estimate of drug-likeness (QED) is 0.524. The van der Waals surface area contributed by atoms with Gasteiger partial charge in [0, 0.05) is 24.8 Å². The average Bonchev–Trinajstić information content (AvgIpc) is 3.49. The molecule has 0 bridgehead atoms. The van der Waals surface area contributed by atoms with Crippen molar-refractivity contribution in [1.29, 1.82) is 0 Å². The Kier molecular flexibility index (Phi) is 6.66. The summed E-state index contributed by atoms with van der Waals surface area (Å²) in [5, 5.41) is 15.6. The number of nitrogens with one attached hydrogen (secondary N) is 2. The number of nitrogens with zero attached hydrogens (tertiary/aromatic N) is 4. The first-order chi connectivity index (χ1) is 16.2. The Labute approximate surface area is 201 Å². The Balaban J connectivity index is 1.43. The molecule has 172 valence electrons. The molecule has 3 unspecified atom stereocenters. The number of benzene rings is 2. The fraction of sp³-hybridized carbons (Fsp3) is 0.348. The van der Waals surface area contributed by atoms with Gasteiger partial charge in [-0.2, -0.15) is 9.78 Å². The number of hydrogen-bond acceptors (Lipinski definition) is 8. The number of methoxy groups -OCH3 is 2. The number of hydrazine groups is 1. The molecule has 0 radical (unpaired) electrons. The van der Waals surface area contributed by atoms with E-state index in [-0.39, 0.29) is 17.3 Å². The minimum Gasteiger partial charge on any atom is -0.497 e. The molecule has 3 atom stereocenters. The maximum atomic E-state index is 6.04. The van der Waals surface area contributed by atoms with Crippen LogP contribution < -0.4 is 15.6 Å². The van der Waals surface area contributed by atoms with Crippen LogP contribution in [0.5, 0.6) is 5.75 Å². The van der Waals surface area contributed by atoms with Gasteiger partial charge in [-0.25, -0.2) is 10.9 Å². The zero-order valence-corrected chi connectivity index (χ0v) is 19.9. The maximum Gasteiger partial charge on any atom is 0.212 e. The maximum absolute atomic E-state index is 6.04. The second-order valence-corrected chi connectivity index (χ2v) is 9.54. The average molecular weight is 485 g/mol. The van der Waals surface area contributed by atoms with Crippen LogP contribution in [0, 0.1) is 0 Å². The number of hydrogen-bond donors (Lipinski definition) is 2. The van der Waals surface area contributed by atoms with E-state index in [1.165, 1.54) is 5.56 Å². The monoisotopic (exact) mass is 484 g/mol. The van der Waals surface area contributed by atoms with Crippen molar-refractivity contribution >= 4 is 29.1 Å². The van der Waals surface area contributed by atoms with E-state index in [2.05, 4.69) is 21.0 Å². The molecule has 33 heavy (non-hydrogen) atoms. The molecular weight excluding hydrogens is 460 g/mol. The van der Waals surface area contributed by atoms with E-state index in [1.54, 1.807) is 26.0 Å². The van der Waals surface area contributed by atoms with Crippen LogP contribution in [0.2, 0.25) is 5.02 Å². The van der Waals surface area contributed by atoms with Crippen LogP contribution >= 0.6 is 23.4 Å². The molecule has 1 fully saturated rings. The largest absolute Gasteiger partial charge is 0.497 e. The minimum atomic E-state index is -0.0241. The van der Waals surface area contributed by atoms with Crippen LogP contribution in [-0.2, 0) is 4.74 Å².